The fourth-order valence-corrected chi connectivity index (χ4v) is 3.44. The number of likely N-dealkylation sites (tertiary alicyclic amines) is 1. The van der Waals surface area contributed by atoms with Gasteiger partial charge in [-0.1, -0.05) is 6.07 Å². The number of hydrogen-bond acceptors (Lipinski definition) is 6. The lowest BCUT2D eigenvalue weighted by Crippen LogP contribution is -2.46. The third-order valence-corrected chi connectivity index (χ3v) is 5.08. The predicted molar refractivity (Wildman–Crippen MR) is 111 cm³/mol. The van der Waals surface area contributed by atoms with Crippen molar-refractivity contribution in [3.63, 3.8) is 0 Å². The van der Waals surface area contributed by atoms with Crippen LogP contribution in [-0.2, 0) is 0 Å². The van der Waals surface area contributed by atoms with Crippen molar-refractivity contribution in [3.05, 3.63) is 77.9 Å². The highest BCUT2D eigenvalue weighted by molar-refractivity contribution is 6.07. The van der Waals surface area contributed by atoms with Crippen molar-refractivity contribution in [1.29, 1.82) is 0 Å². The zero-order valence-electron chi connectivity index (χ0n) is 17.0. The zero-order chi connectivity index (χ0) is 22.5. The van der Waals surface area contributed by atoms with Crippen molar-refractivity contribution in [2.45, 2.75) is 18.9 Å². The molecule has 1 fully saturated rings. The fourth-order valence-electron chi connectivity index (χ4n) is 3.44. The predicted octanol–water partition coefficient (Wildman–Crippen LogP) is 2.50. The molecule has 0 aliphatic carbocycles. The van der Waals surface area contributed by atoms with Crippen molar-refractivity contribution in [1.82, 2.24) is 20.2 Å². The van der Waals surface area contributed by atoms with Gasteiger partial charge in [-0.15, -0.1) is 0 Å². The fraction of sp³-hybridized carbons (Fsp3) is 0.227. The Morgan fingerprint density at radius 2 is 1.81 bits per heavy atom. The van der Waals surface area contributed by atoms with Gasteiger partial charge in [-0.3, -0.25) is 14.4 Å². The summed E-state index contributed by atoms with van der Waals surface area (Å²) in [4.78, 5) is 47.3. The van der Waals surface area contributed by atoms with Crippen LogP contribution >= 0.6 is 0 Å². The number of hydrogen-bond donors (Lipinski definition) is 2. The number of nitrogens with one attached hydrogen (secondary N) is 2. The number of halogens is 1. The monoisotopic (exact) mass is 437 g/mol. The molecular weight excluding hydrogens is 417 g/mol. The number of amides is 3. The molecule has 3 heterocycles. The van der Waals surface area contributed by atoms with Gasteiger partial charge in [0.2, 0.25) is 0 Å². The van der Waals surface area contributed by atoms with Crippen LogP contribution in [0.1, 0.15) is 44.2 Å². The smallest absolute Gasteiger partial charge is 0.289 e. The maximum absolute atomic E-state index is 13.4. The topological polar surface area (TPSA) is 117 Å². The minimum Gasteiger partial charge on any atom is -0.459 e. The van der Waals surface area contributed by atoms with Crippen LogP contribution in [0.5, 0.6) is 0 Å². The van der Waals surface area contributed by atoms with Gasteiger partial charge in [-0.2, -0.15) is 0 Å². The Morgan fingerprint density at radius 1 is 1.03 bits per heavy atom. The molecule has 10 heteroatoms. The Bertz CT molecular complexity index is 1130. The lowest BCUT2D eigenvalue weighted by Gasteiger charge is -2.31. The van der Waals surface area contributed by atoms with Crippen LogP contribution in [0.15, 0.2) is 59.5 Å². The van der Waals surface area contributed by atoms with E-state index in [0.29, 0.717) is 25.9 Å². The maximum atomic E-state index is 13.4. The van der Waals surface area contributed by atoms with E-state index < -0.39 is 17.6 Å². The highest BCUT2D eigenvalue weighted by Crippen LogP contribution is 2.16. The largest absolute Gasteiger partial charge is 0.459 e. The van der Waals surface area contributed by atoms with E-state index in [1.807, 2.05) is 0 Å². The van der Waals surface area contributed by atoms with Crippen LogP contribution in [0, 0.1) is 5.82 Å². The molecule has 3 amide bonds. The third-order valence-electron chi connectivity index (χ3n) is 5.08. The van der Waals surface area contributed by atoms with Crippen LogP contribution in [0.2, 0.25) is 0 Å². The molecular formula is C22H20FN5O4. The van der Waals surface area contributed by atoms with Crippen molar-refractivity contribution < 1.29 is 23.2 Å². The second-order valence-electron chi connectivity index (χ2n) is 7.24. The van der Waals surface area contributed by atoms with E-state index in [1.165, 1.54) is 36.9 Å². The normalized spacial score (nSPS) is 14.1. The minimum atomic E-state index is -0.608. The Labute approximate surface area is 182 Å². The summed E-state index contributed by atoms with van der Waals surface area (Å²) in [5, 5.41) is 5.38. The first-order chi connectivity index (χ1) is 15.5. The molecule has 1 aliphatic heterocycles. The van der Waals surface area contributed by atoms with Gasteiger partial charge in [0.25, 0.3) is 17.7 Å². The van der Waals surface area contributed by atoms with Crippen molar-refractivity contribution in [3.8, 4) is 0 Å². The SMILES string of the molecule is O=C(Nc1nccnc1C(=O)NC1CCN(C(=O)c2ccco2)CC1)c1cccc(F)c1. The number of anilines is 1. The molecule has 164 valence electrons. The molecule has 1 saturated heterocycles. The van der Waals surface area contributed by atoms with Gasteiger partial charge in [-0.25, -0.2) is 14.4 Å². The van der Waals surface area contributed by atoms with Gasteiger partial charge in [0.05, 0.1) is 6.26 Å². The summed E-state index contributed by atoms with van der Waals surface area (Å²) in [6.45, 7) is 0.933. The molecule has 1 aliphatic rings. The van der Waals surface area contributed by atoms with E-state index in [0.717, 1.165) is 6.07 Å². The molecule has 9 nitrogen and oxygen atoms in total. The summed E-state index contributed by atoms with van der Waals surface area (Å²) in [6, 6.07) is 8.28. The quantitative estimate of drug-likeness (QED) is 0.633. The Morgan fingerprint density at radius 3 is 2.53 bits per heavy atom. The van der Waals surface area contributed by atoms with Crippen molar-refractivity contribution in [2.24, 2.45) is 0 Å². The van der Waals surface area contributed by atoms with E-state index in [9.17, 15) is 18.8 Å². The number of carbonyl (C=O) groups excluding carboxylic acids is 3. The van der Waals surface area contributed by atoms with E-state index in [4.69, 9.17) is 4.42 Å². The lowest BCUT2D eigenvalue weighted by atomic mass is 10.0. The second-order valence-corrected chi connectivity index (χ2v) is 7.24. The van der Waals surface area contributed by atoms with E-state index in [1.54, 1.807) is 17.0 Å². The van der Waals surface area contributed by atoms with Gasteiger partial charge < -0.3 is 20.0 Å². The summed E-state index contributed by atoms with van der Waals surface area (Å²) in [5.74, 6) is -1.58. The molecule has 0 atom stereocenters. The molecule has 4 rings (SSSR count). The molecule has 1 aromatic carbocycles. The first-order valence-electron chi connectivity index (χ1n) is 10.0. The van der Waals surface area contributed by atoms with Crippen LogP contribution in [0.3, 0.4) is 0 Å². The first kappa shape index (κ1) is 21.2. The summed E-state index contributed by atoms with van der Waals surface area (Å²) in [7, 11) is 0. The molecule has 0 radical (unpaired) electrons. The average Bonchev–Trinajstić information content (AvgIpc) is 3.34. The maximum Gasteiger partial charge on any atom is 0.289 e. The first-order valence-corrected chi connectivity index (χ1v) is 10.0. The number of furan rings is 1. The van der Waals surface area contributed by atoms with Gasteiger partial charge in [-0.05, 0) is 43.2 Å². The molecule has 0 bridgehead atoms. The average molecular weight is 437 g/mol. The van der Waals surface area contributed by atoms with Gasteiger partial charge in [0.1, 0.15) is 5.82 Å². The van der Waals surface area contributed by atoms with E-state index in [2.05, 4.69) is 20.6 Å². The molecule has 0 spiro atoms. The van der Waals surface area contributed by atoms with Gasteiger partial charge in [0.15, 0.2) is 17.3 Å². The molecule has 0 unspecified atom stereocenters. The highest BCUT2D eigenvalue weighted by Gasteiger charge is 2.27. The Balaban J connectivity index is 1.37. The van der Waals surface area contributed by atoms with Gasteiger partial charge in [0, 0.05) is 37.1 Å². The van der Waals surface area contributed by atoms with Crippen LogP contribution in [0.4, 0.5) is 10.2 Å². The zero-order valence-corrected chi connectivity index (χ0v) is 17.0. The standard InChI is InChI=1S/C22H20FN5O4/c23-15-4-1-3-14(13-15)20(29)27-19-18(24-8-9-25-19)21(30)26-16-6-10-28(11-7-16)22(31)17-5-2-12-32-17/h1-5,8-9,12-13,16H,6-7,10-11H2,(H,26,30)(H,25,27,29). The van der Waals surface area contributed by atoms with Crippen LogP contribution in [-0.4, -0.2) is 51.7 Å². The van der Waals surface area contributed by atoms with Crippen LogP contribution in [0.25, 0.3) is 0 Å². The number of benzene rings is 1. The third kappa shape index (κ3) is 4.80. The number of rotatable bonds is 5. The Hall–Kier alpha value is -4.08. The molecule has 3 aromatic rings. The van der Waals surface area contributed by atoms with Crippen molar-refractivity contribution >= 4 is 23.5 Å². The lowest BCUT2D eigenvalue weighted by molar-refractivity contribution is 0.0667. The number of aromatic nitrogens is 2. The number of carbonyl (C=O) groups is 3. The van der Waals surface area contributed by atoms with Crippen molar-refractivity contribution in [2.75, 3.05) is 18.4 Å². The minimum absolute atomic E-state index is 0.0234. The summed E-state index contributed by atoms with van der Waals surface area (Å²) >= 11 is 0. The van der Waals surface area contributed by atoms with E-state index >= 15 is 0 Å². The summed E-state index contributed by atoms with van der Waals surface area (Å²) < 4.78 is 18.5. The summed E-state index contributed by atoms with van der Waals surface area (Å²) in [5.41, 5.74) is 0.0435. The molecule has 2 aromatic heterocycles. The second kappa shape index (κ2) is 9.38. The number of piperidine rings is 1. The Kier molecular flexibility index (Phi) is 6.20. The van der Waals surface area contributed by atoms with Crippen LogP contribution < -0.4 is 10.6 Å². The van der Waals surface area contributed by atoms with E-state index in [-0.39, 0.29) is 34.8 Å². The number of nitrogens with zero attached hydrogens (tertiary/aromatic N) is 3. The molecule has 2 N–H and O–H groups in total. The van der Waals surface area contributed by atoms with Gasteiger partial charge >= 0.3 is 0 Å². The molecule has 0 saturated carbocycles. The highest BCUT2D eigenvalue weighted by atomic mass is 19.1. The molecule has 32 heavy (non-hydrogen) atoms. The summed E-state index contributed by atoms with van der Waals surface area (Å²) in [6.07, 6.45) is 5.26.